The standard InChI is InChI=1S/C9H13N/c1-8-6-4-5-7-9(8)10(2)3/h4-7H,1-3H3. The summed E-state index contributed by atoms with van der Waals surface area (Å²) >= 11 is 0. The van der Waals surface area contributed by atoms with E-state index in [1.807, 2.05) is 0 Å². The Morgan fingerprint density at radius 3 is 2.10 bits per heavy atom. The van der Waals surface area contributed by atoms with E-state index in [-0.39, 0.29) is 0 Å². The number of benzene rings is 1. The zero-order valence-corrected chi connectivity index (χ0v) is 6.76. The van der Waals surface area contributed by atoms with Crippen molar-refractivity contribution in [2.75, 3.05) is 19.0 Å². The first-order chi connectivity index (χ1) is 4.72. The predicted octanol–water partition coefficient (Wildman–Crippen LogP) is 2.06. The van der Waals surface area contributed by atoms with Crippen molar-refractivity contribution >= 4 is 5.69 Å². The van der Waals surface area contributed by atoms with Gasteiger partial charge in [0.25, 0.3) is 0 Å². The Morgan fingerprint density at radius 1 is 1.10 bits per heavy atom. The zero-order chi connectivity index (χ0) is 7.56. The third-order valence-electron chi connectivity index (χ3n) is 1.60. The molecule has 0 spiro atoms. The van der Waals surface area contributed by atoms with Crippen LogP contribution in [0.15, 0.2) is 24.3 Å². The van der Waals surface area contributed by atoms with E-state index in [4.69, 9.17) is 0 Å². The van der Waals surface area contributed by atoms with Gasteiger partial charge in [-0.2, -0.15) is 0 Å². The average Bonchev–Trinajstić information content (AvgIpc) is 1.88. The first-order valence-electron chi connectivity index (χ1n) is 3.45. The summed E-state index contributed by atoms with van der Waals surface area (Å²) < 4.78 is 0. The van der Waals surface area contributed by atoms with Gasteiger partial charge in [-0.3, -0.25) is 0 Å². The van der Waals surface area contributed by atoms with Crippen LogP contribution in [0.25, 0.3) is 0 Å². The zero-order valence-electron chi connectivity index (χ0n) is 6.76. The van der Waals surface area contributed by atoms with Crippen molar-refractivity contribution in [2.45, 2.75) is 6.92 Å². The highest BCUT2D eigenvalue weighted by atomic mass is 15.1. The molecule has 0 aliphatic carbocycles. The molecule has 0 aromatic heterocycles. The van der Waals surface area contributed by atoms with Crippen LogP contribution in [0.5, 0.6) is 0 Å². The highest BCUT2D eigenvalue weighted by Gasteiger charge is 1.95. The summed E-state index contributed by atoms with van der Waals surface area (Å²) in [5.74, 6) is 0. The monoisotopic (exact) mass is 135 g/mol. The fraction of sp³-hybridized carbons (Fsp3) is 0.333. The molecule has 1 rings (SSSR count). The summed E-state index contributed by atoms with van der Waals surface area (Å²) in [7, 11) is 4.12. The number of hydrogen-bond acceptors (Lipinski definition) is 1. The van der Waals surface area contributed by atoms with Crippen LogP contribution in [-0.2, 0) is 0 Å². The lowest BCUT2D eigenvalue weighted by atomic mass is 10.2. The van der Waals surface area contributed by atoms with Crippen molar-refractivity contribution in [2.24, 2.45) is 0 Å². The third-order valence-corrected chi connectivity index (χ3v) is 1.60. The molecule has 10 heavy (non-hydrogen) atoms. The first kappa shape index (κ1) is 7.13. The van der Waals surface area contributed by atoms with Crippen molar-refractivity contribution in [3.8, 4) is 0 Å². The van der Waals surface area contributed by atoms with Crippen LogP contribution < -0.4 is 4.90 Å². The van der Waals surface area contributed by atoms with Crippen LogP contribution in [0.4, 0.5) is 5.69 Å². The molecule has 1 aromatic rings. The number of rotatable bonds is 1. The highest BCUT2D eigenvalue weighted by Crippen LogP contribution is 2.15. The summed E-state index contributed by atoms with van der Waals surface area (Å²) in [5, 5.41) is 0. The Balaban J connectivity index is 3.03. The molecule has 0 saturated carbocycles. The van der Waals surface area contributed by atoms with Crippen LogP contribution in [0.1, 0.15) is 5.56 Å². The topological polar surface area (TPSA) is 3.24 Å². The van der Waals surface area contributed by atoms with Gasteiger partial charge < -0.3 is 4.90 Å². The first-order valence-corrected chi connectivity index (χ1v) is 3.45. The van der Waals surface area contributed by atoms with Gasteiger partial charge in [0.15, 0.2) is 0 Å². The van der Waals surface area contributed by atoms with Gasteiger partial charge in [-0.1, -0.05) is 18.2 Å². The average molecular weight is 135 g/mol. The molecule has 1 nitrogen and oxygen atoms in total. The highest BCUT2D eigenvalue weighted by molar-refractivity contribution is 5.51. The lowest BCUT2D eigenvalue weighted by Gasteiger charge is -2.14. The molecule has 0 fully saturated rings. The molecule has 1 heteroatoms. The molecule has 0 N–H and O–H groups in total. The molecule has 54 valence electrons. The minimum atomic E-state index is 1.29. The molecule has 0 atom stereocenters. The fourth-order valence-electron chi connectivity index (χ4n) is 1.07. The van der Waals surface area contributed by atoms with Gasteiger partial charge in [0.2, 0.25) is 0 Å². The Hall–Kier alpha value is -0.980. The number of nitrogens with zero attached hydrogens (tertiary/aromatic N) is 1. The number of anilines is 1. The number of para-hydroxylation sites is 1. The summed E-state index contributed by atoms with van der Waals surface area (Å²) in [6.45, 7) is 2.12. The number of aryl methyl sites for hydroxylation is 1. The van der Waals surface area contributed by atoms with Crippen molar-refractivity contribution in [3.05, 3.63) is 29.8 Å². The van der Waals surface area contributed by atoms with E-state index in [9.17, 15) is 0 Å². The van der Waals surface area contributed by atoms with E-state index in [1.54, 1.807) is 0 Å². The van der Waals surface area contributed by atoms with Crippen molar-refractivity contribution < 1.29 is 0 Å². The van der Waals surface area contributed by atoms with E-state index in [0.29, 0.717) is 0 Å². The van der Waals surface area contributed by atoms with E-state index in [1.165, 1.54) is 11.3 Å². The summed E-state index contributed by atoms with van der Waals surface area (Å²) in [4.78, 5) is 2.12. The third kappa shape index (κ3) is 1.29. The maximum absolute atomic E-state index is 2.12. The van der Waals surface area contributed by atoms with Crippen LogP contribution in [0.3, 0.4) is 0 Å². The molecular formula is C9H13N. The smallest absolute Gasteiger partial charge is 0.0390 e. The van der Waals surface area contributed by atoms with Crippen LogP contribution in [0, 0.1) is 6.92 Å². The Kier molecular flexibility index (Phi) is 1.95. The van der Waals surface area contributed by atoms with E-state index < -0.39 is 0 Å². The summed E-state index contributed by atoms with van der Waals surface area (Å²) in [6.07, 6.45) is 0. The van der Waals surface area contributed by atoms with Crippen molar-refractivity contribution in [1.29, 1.82) is 0 Å². The molecule has 0 aliphatic heterocycles. The fourth-order valence-corrected chi connectivity index (χ4v) is 1.07. The molecular weight excluding hydrogens is 122 g/mol. The van der Waals surface area contributed by atoms with E-state index >= 15 is 0 Å². The lowest BCUT2D eigenvalue weighted by Crippen LogP contribution is -2.09. The van der Waals surface area contributed by atoms with Gasteiger partial charge in [0.1, 0.15) is 0 Å². The predicted molar refractivity (Wildman–Crippen MR) is 45.5 cm³/mol. The molecule has 0 unspecified atom stereocenters. The van der Waals surface area contributed by atoms with E-state index in [2.05, 4.69) is 50.2 Å². The van der Waals surface area contributed by atoms with Crippen LogP contribution >= 0.6 is 0 Å². The van der Waals surface area contributed by atoms with Gasteiger partial charge in [-0.15, -0.1) is 0 Å². The second-order valence-corrected chi connectivity index (χ2v) is 2.68. The van der Waals surface area contributed by atoms with Crippen molar-refractivity contribution in [3.63, 3.8) is 0 Å². The lowest BCUT2D eigenvalue weighted by molar-refractivity contribution is 1.11. The second-order valence-electron chi connectivity index (χ2n) is 2.68. The molecule has 1 aromatic carbocycles. The Bertz CT molecular complexity index is 216. The Morgan fingerprint density at radius 2 is 1.70 bits per heavy atom. The molecule has 0 amide bonds. The maximum Gasteiger partial charge on any atom is 0.0390 e. The SMILES string of the molecule is Cc1ccccc1N(C)C. The normalized spacial score (nSPS) is 9.50. The largest absolute Gasteiger partial charge is 0.377 e. The maximum atomic E-state index is 2.12. The van der Waals surface area contributed by atoms with E-state index in [0.717, 1.165) is 0 Å². The van der Waals surface area contributed by atoms with Crippen LogP contribution in [0.2, 0.25) is 0 Å². The minimum Gasteiger partial charge on any atom is -0.377 e. The Labute approximate surface area is 62.3 Å². The molecule has 0 radical (unpaired) electrons. The molecule has 0 bridgehead atoms. The summed E-state index contributed by atoms with van der Waals surface area (Å²) in [6, 6.07) is 8.36. The van der Waals surface area contributed by atoms with Gasteiger partial charge in [0, 0.05) is 19.8 Å². The molecule has 0 heterocycles. The van der Waals surface area contributed by atoms with Crippen molar-refractivity contribution in [1.82, 2.24) is 0 Å². The van der Waals surface area contributed by atoms with Gasteiger partial charge in [-0.05, 0) is 18.6 Å². The quantitative estimate of drug-likeness (QED) is 0.569. The molecule has 0 saturated heterocycles. The van der Waals surface area contributed by atoms with Gasteiger partial charge in [0.05, 0.1) is 0 Å². The summed E-state index contributed by atoms with van der Waals surface area (Å²) in [5.41, 5.74) is 2.62. The minimum absolute atomic E-state index is 1.29. The second kappa shape index (κ2) is 2.74. The van der Waals surface area contributed by atoms with Gasteiger partial charge >= 0.3 is 0 Å². The van der Waals surface area contributed by atoms with Gasteiger partial charge in [-0.25, -0.2) is 0 Å². The molecule has 0 aliphatic rings. The van der Waals surface area contributed by atoms with Crippen LogP contribution in [-0.4, -0.2) is 14.1 Å². The number of hydrogen-bond donors (Lipinski definition) is 0.